The van der Waals surface area contributed by atoms with E-state index in [2.05, 4.69) is 0 Å². The van der Waals surface area contributed by atoms with E-state index < -0.39 is 11.8 Å². The van der Waals surface area contributed by atoms with Crippen molar-refractivity contribution in [3.63, 3.8) is 0 Å². The molecule has 2 rings (SSSR count). The van der Waals surface area contributed by atoms with Crippen molar-refractivity contribution in [1.29, 1.82) is 0 Å². The summed E-state index contributed by atoms with van der Waals surface area (Å²) < 4.78 is 26.7. The molecule has 1 saturated carbocycles. The Morgan fingerprint density at radius 3 is 2.80 bits per heavy atom. The van der Waals surface area contributed by atoms with Crippen LogP contribution in [0.1, 0.15) is 19.3 Å². The fourth-order valence-corrected chi connectivity index (χ4v) is 2.81. The summed E-state index contributed by atoms with van der Waals surface area (Å²) in [6.07, 6.45) is 0.786. The quantitative estimate of drug-likeness (QED) is 0.674. The number of alkyl halides is 3. The first-order valence-electron chi connectivity index (χ1n) is 5.26. The number of hydrogen-bond acceptors (Lipinski definition) is 1. The van der Waals surface area contributed by atoms with E-state index in [-0.39, 0.29) is 37.1 Å². The number of carbonyl (C=O) groups excluding carboxylic acids is 1. The van der Waals surface area contributed by atoms with Crippen LogP contribution in [-0.4, -0.2) is 35.7 Å². The number of halogens is 3. The first kappa shape index (κ1) is 11.1. The minimum Gasteiger partial charge on any atom is -0.342 e. The van der Waals surface area contributed by atoms with E-state index in [1.807, 2.05) is 0 Å². The zero-order valence-corrected chi connectivity index (χ0v) is 9.14. The van der Waals surface area contributed by atoms with Gasteiger partial charge in [-0.1, -0.05) is 0 Å². The molecule has 2 unspecified atom stereocenters. The monoisotopic (exact) mass is 237 g/mol. The molecule has 2 fully saturated rings. The van der Waals surface area contributed by atoms with Crippen molar-refractivity contribution in [2.24, 2.45) is 11.8 Å². The Hall–Kier alpha value is -0.380. The van der Waals surface area contributed by atoms with Crippen LogP contribution in [0.15, 0.2) is 0 Å². The maximum absolute atomic E-state index is 13.4. The van der Waals surface area contributed by atoms with Gasteiger partial charge in [0.05, 0.1) is 0 Å². The van der Waals surface area contributed by atoms with Gasteiger partial charge < -0.3 is 4.90 Å². The van der Waals surface area contributed by atoms with Gasteiger partial charge in [-0.05, 0) is 12.3 Å². The molecular formula is C10H14ClF2NO. The molecule has 15 heavy (non-hydrogen) atoms. The highest BCUT2D eigenvalue weighted by Crippen LogP contribution is 2.48. The average Bonchev–Trinajstić information content (AvgIpc) is 2.68. The summed E-state index contributed by atoms with van der Waals surface area (Å²) in [5.74, 6) is -3.01. The van der Waals surface area contributed by atoms with Gasteiger partial charge in [-0.3, -0.25) is 4.79 Å². The van der Waals surface area contributed by atoms with E-state index in [1.54, 1.807) is 4.90 Å². The molecule has 1 heterocycles. The number of amides is 1. The third kappa shape index (κ3) is 1.96. The van der Waals surface area contributed by atoms with Crippen molar-refractivity contribution >= 4 is 17.5 Å². The van der Waals surface area contributed by atoms with Gasteiger partial charge in [0.25, 0.3) is 5.92 Å². The molecule has 0 aromatic rings. The zero-order chi connectivity index (χ0) is 11.1. The van der Waals surface area contributed by atoms with E-state index in [0.717, 1.165) is 0 Å². The Labute approximate surface area is 92.6 Å². The standard InChI is InChI=1S/C10H14ClF2NO/c11-4-2-9(15)14-5-7-1-3-10(12,13)8(7)6-14/h7-8H,1-6H2. The Balaban J connectivity index is 1.98. The van der Waals surface area contributed by atoms with Gasteiger partial charge in [-0.2, -0.15) is 0 Å². The van der Waals surface area contributed by atoms with Crippen LogP contribution in [0.25, 0.3) is 0 Å². The normalized spacial score (nSPS) is 33.1. The summed E-state index contributed by atoms with van der Waals surface area (Å²) in [6.45, 7) is 0.712. The fraction of sp³-hybridized carbons (Fsp3) is 0.900. The van der Waals surface area contributed by atoms with Gasteiger partial charge in [0.1, 0.15) is 0 Å². The molecule has 1 saturated heterocycles. The van der Waals surface area contributed by atoms with Crippen molar-refractivity contribution < 1.29 is 13.6 Å². The third-order valence-corrected chi connectivity index (χ3v) is 3.68. The van der Waals surface area contributed by atoms with E-state index in [9.17, 15) is 13.6 Å². The molecule has 0 aromatic heterocycles. The van der Waals surface area contributed by atoms with Crippen molar-refractivity contribution in [2.45, 2.75) is 25.2 Å². The average molecular weight is 238 g/mol. The molecule has 1 amide bonds. The zero-order valence-electron chi connectivity index (χ0n) is 8.39. The first-order valence-corrected chi connectivity index (χ1v) is 5.79. The molecule has 2 aliphatic rings. The Morgan fingerprint density at radius 1 is 1.47 bits per heavy atom. The maximum atomic E-state index is 13.4. The van der Waals surface area contributed by atoms with Crippen LogP contribution >= 0.6 is 11.6 Å². The summed E-state index contributed by atoms with van der Waals surface area (Å²) in [7, 11) is 0. The molecule has 2 atom stereocenters. The lowest BCUT2D eigenvalue weighted by molar-refractivity contribution is -0.130. The summed E-state index contributed by atoms with van der Waals surface area (Å²) in [4.78, 5) is 13.0. The largest absolute Gasteiger partial charge is 0.342 e. The third-order valence-electron chi connectivity index (χ3n) is 3.49. The lowest BCUT2D eigenvalue weighted by Crippen LogP contribution is -2.33. The smallest absolute Gasteiger partial charge is 0.252 e. The highest BCUT2D eigenvalue weighted by molar-refractivity contribution is 6.18. The van der Waals surface area contributed by atoms with E-state index >= 15 is 0 Å². The SMILES string of the molecule is O=C(CCCl)N1CC2CCC(F)(F)C2C1. The topological polar surface area (TPSA) is 20.3 Å². The number of hydrogen-bond donors (Lipinski definition) is 0. The Morgan fingerprint density at radius 2 is 2.20 bits per heavy atom. The molecule has 2 nitrogen and oxygen atoms in total. The van der Waals surface area contributed by atoms with Crippen LogP contribution in [-0.2, 0) is 4.79 Å². The second-order valence-corrected chi connectivity index (χ2v) is 4.78. The summed E-state index contributed by atoms with van der Waals surface area (Å²) in [6, 6.07) is 0. The van der Waals surface area contributed by atoms with Crippen LogP contribution in [0.5, 0.6) is 0 Å². The van der Waals surface area contributed by atoms with Crippen LogP contribution in [0.2, 0.25) is 0 Å². The summed E-state index contributed by atoms with van der Waals surface area (Å²) in [5, 5.41) is 0. The fourth-order valence-electron chi connectivity index (χ4n) is 2.65. The molecule has 0 spiro atoms. The van der Waals surface area contributed by atoms with Crippen LogP contribution in [0, 0.1) is 11.8 Å². The van der Waals surface area contributed by atoms with E-state index in [1.165, 1.54) is 0 Å². The second-order valence-electron chi connectivity index (χ2n) is 4.40. The Bertz CT molecular complexity index is 272. The predicted molar refractivity (Wildman–Crippen MR) is 53.1 cm³/mol. The van der Waals surface area contributed by atoms with E-state index in [4.69, 9.17) is 11.6 Å². The van der Waals surface area contributed by atoms with Gasteiger partial charge in [0.2, 0.25) is 5.91 Å². The summed E-state index contributed by atoms with van der Waals surface area (Å²) >= 11 is 5.46. The first-order chi connectivity index (χ1) is 7.04. The van der Waals surface area contributed by atoms with Crippen LogP contribution in [0.3, 0.4) is 0 Å². The minimum atomic E-state index is -2.57. The molecule has 0 bridgehead atoms. The van der Waals surface area contributed by atoms with Crippen molar-refractivity contribution in [3.05, 3.63) is 0 Å². The molecular weight excluding hydrogens is 224 g/mol. The molecule has 0 N–H and O–H groups in total. The lowest BCUT2D eigenvalue weighted by atomic mass is 9.99. The minimum absolute atomic E-state index is 0.000671. The second kappa shape index (κ2) is 3.89. The van der Waals surface area contributed by atoms with Gasteiger partial charge in [0, 0.05) is 37.7 Å². The van der Waals surface area contributed by atoms with Crippen molar-refractivity contribution in [1.82, 2.24) is 4.90 Å². The highest BCUT2D eigenvalue weighted by atomic mass is 35.5. The number of fused-ring (bicyclic) bond motifs is 1. The van der Waals surface area contributed by atoms with Gasteiger partial charge >= 0.3 is 0 Å². The number of carbonyl (C=O) groups is 1. The molecule has 5 heteroatoms. The molecule has 86 valence electrons. The van der Waals surface area contributed by atoms with E-state index in [0.29, 0.717) is 13.0 Å². The molecule has 1 aliphatic heterocycles. The van der Waals surface area contributed by atoms with Crippen molar-refractivity contribution in [2.75, 3.05) is 19.0 Å². The number of rotatable bonds is 2. The Kier molecular flexibility index (Phi) is 2.88. The van der Waals surface area contributed by atoms with Crippen LogP contribution in [0.4, 0.5) is 8.78 Å². The summed E-state index contributed by atoms with van der Waals surface area (Å²) in [5.41, 5.74) is 0. The molecule has 1 aliphatic carbocycles. The lowest BCUT2D eigenvalue weighted by Gasteiger charge is -2.20. The van der Waals surface area contributed by atoms with Crippen LogP contribution < -0.4 is 0 Å². The van der Waals surface area contributed by atoms with Gasteiger partial charge in [-0.15, -0.1) is 11.6 Å². The molecule has 0 radical (unpaired) electrons. The van der Waals surface area contributed by atoms with Gasteiger partial charge in [-0.25, -0.2) is 8.78 Å². The van der Waals surface area contributed by atoms with Crippen molar-refractivity contribution in [3.8, 4) is 0 Å². The highest BCUT2D eigenvalue weighted by Gasteiger charge is 2.54. The number of likely N-dealkylation sites (tertiary alicyclic amines) is 1. The number of nitrogens with zero attached hydrogens (tertiary/aromatic N) is 1. The maximum Gasteiger partial charge on any atom is 0.252 e. The molecule has 0 aromatic carbocycles. The predicted octanol–water partition coefficient (Wildman–Crippen LogP) is 2.12. The van der Waals surface area contributed by atoms with Gasteiger partial charge in [0.15, 0.2) is 0 Å².